The molecule has 8 heteroatoms. The van der Waals surface area contributed by atoms with Crippen molar-refractivity contribution in [2.45, 2.75) is 25.8 Å². The average Bonchev–Trinajstić information content (AvgIpc) is 2.70. The minimum absolute atomic E-state index is 0.122. The molecule has 1 rings (SSSR count). The highest BCUT2D eigenvalue weighted by molar-refractivity contribution is 7.90. The summed E-state index contributed by atoms with van der Waals surface area (Å²) in [7, 11) is -3.25. The lowest BCUT2D eigenvalue weighted by Gasteiger charge is -2.24. The molecule has 0 saturated carbocycles. The number of hydrogen-bond acceptors (Lipinski definition) is 5. The van der Waals surface area contributed by atoms with E-state index in [2.05, 4.69) is 10.6 Å². The fraction of sp³-hybridized carbons (Fsp3) is 0.818. The van der Waals surface area contributed by atoms with Crippen molar-refractivity contribution < 1.29 is 23.1 Å². The first kappa shape index (κ1) is 15.9. The van der Waals surface area contributed by atoms with E-state index in [1.807, 2.05) is 0 Å². The van der Waals surface area contributed by atoms with Gasteiger partial charge in [-0.05, 0) is 26.3 Å². The molecule has 0 bridgehead atoms. The van der Waals surface area contributed by atoms with E-state index in [9.17, 15) is 18.0 Å². The van der Waals surface area contributed by atoms with Gasteiger partial charge in [-0.2, -0.15) is 0 Å². The van der Waals surface area contributed by atoms with Crippen LogP contribution in [0.15, 0.2) is 0 Å². The predicted octanol–water partition coefficient (Wildman–Crippen LogP) is -1.01. The molecule has 0 aromatic carbocycles. The van der Waals surface area contributed by atoms with Crippen LogP contribution < -0.4 is 10.6 Å². The molecule has 0 aliphatic carbocycles. The van der Waals surface area contributed by atoms with Crippen molar-refractivity contribution in [3.8, 4) is 0 Å². The Kier molecular flexibility index (Phi) is 4.92. The molecule has 0 spiro atoms. The summed E-state index contributed by atoms with van der Waals surface area (Å²) in [6, 6.07) is -1.17. The van der Waals surface area contributed by atoms with E-state index in [4.69, 9.17) is 5.11 Å². The van der Waals surface area contributed by atoms with Crippen molar-refractivity contribution in [3.63, 3.8) is 0 Å². The number of rotatable bonds is 6. The zero-order valence-electron chi connectivity index (χ0n) is 11.1. The molecule has 1 aliphatic heterocycles. The maximum absolute atomic E-state index is 12.0. The molecule has 1 saturated heterocycles. The smallest absolute Gasteiger partial charge is 0.326 e. The van der Waals surface area contributed by atoms with Crippen LogP contribution in [0.2, 0.25) is 0 Å². The van der Waals surface area contributed by atoms with Crippen LogP contribution in [0, 0.1) is 5.41 Å². The third-order valence-electron chi connectivity index (χ3n) is 3.30. The van der Waals surface area contributed by atoms with Crippen LogP contribution in [0.3, 0.4) is 0 Å². The molecule has 7 nitrogen and oxygen atoms in total. The van der Waals surface area contributed by atoms with Gasteiger partial charge in [0.15, 0.2) is 0 Å². The summed E-state index contributed by atoms with van der Waals surface area (Å²) in [5, 5.41) is 14.5. The molecule has 1 aliphatic rings. The minimum Gasteiger partial charge on any atom is -0.480 e. The van der Waals surface area contributed by atoms with Gasteiger partial charge in [-0.1, -0.05) is 0 Å². The van der Waals surface area contributed by atoms with Gasteiger partial charge in [0.25, 0.3) is 0 Å². The van der Waals surface area contributed by atoms with Crippen molar-refractivity contribution in [1.82, 2.24) is 10.6 Å². The molecular weight excluding hydrogens is 272 g/mol. The first-order valence-corrected chi connectivity index (χ1v) is 8.12. The molecule has 2 atom stereocenters. The summed E-state index contributed by atoms with van der Waals surface area (Å²) in [6.07, 6.45) is 1.55. The predicted molar refractivity (Wildman–Crippen MR) is 69.5 cm³/mol. The lowest BCUT2D eigenvalue weighted by atomic mass is 9.88. The minimum atomic E-state index is -3.25. The Balaban J connectivity index is 2.63. The summed E-state index contributed by atoms with van der Waals surface area (Å²) < 4.78 is 22.1. The van der Waals surface area contributed by atoms with Crippen molar-refractivity contribution in [1.29, 1.82) is 0 Å². The lowest BCUT2D eigenvalue weighted by molar-refractivity contribution is -0.143. The van der Waals surface area contributed by atoms with Crippen LogP contribution in [-0.2, 0) is 19.4 Å². The van der Waals surface area contributed by atoms with Gasteiger partial charge in [0.05, 0.1) is 11.2 Å². The second-order valence-corrected chi connectivity index (χ2v) is 7.53. The Labute approximate surface area is 112 Å². The highest BCUT2D eigenvalue weighted by Crippen LogP contribution is 2.24. The van der Waals surface area contributed by atoms with Crippen molar-refractivity contribution in [2.75, 3.05) is 25.1 Å². The van der Waals surface area contributed by atoms with E-state index in [-0.39, 0.29) is 18.1 Å². The fourth-order valence-electron chi connectivity index (χ4n) is 1.93. The van der Waals surface area contributed by atoms with E-state index in [1.54, 1.807) is 6.92 Å². The van der Waals surface area contributed by atoms with Gasteiger partial charge in [0, 0.05) is 12.8 Å². The van der Waals surface area contributed by atoms with E-state index in [1.165, 1.54) is 0 Å². The molecule has 110 valence electrons. The molecule has 3 N–H and O–H groups in total. The number of amides is 1. The van der Waals surface area contributed by atoms with Crippen LogP contribution >= 0.6 is 0 Å². The molecule has 0 radical (unpaired) electrons. The zero-order valence-corrected chi connectivity index (χ0v) is 11.9. The van der Waals surface area contributed by atoms with E-state index in [0.29, 0.717) is 19.5 Å². The standard InChI is InChI=1S/C11H20N2O5S/c1-11(4-5-12-7-11)10(16)13-8(9(14)15)3-6-19(2,17)18/h8,12H,3-7H2,1-2H3,(H,13,16)(H,14,15). The topological polar surface area (TPSA) is 113 Å². The summed E-state index contributed by atoms with van der Waals surface area (Å²) >= 11 is 0. The number of sulfone groups is 1. The second-order valence-electron chi connectivity index (χ2n) is 5.27. The highest BCUT2D eigenvalue weighted by atomic mass is 32.2. The number of carbonyl (C=O) groups is 2. The Morgan fingerprint density at radius 1 is 1.47 bits per heavy atom. The molecule has 0 aromatic rings. The highest BCUT2D eigenvalue weighted by Gasteiger charge is 2.38. The Morgan fingerprint density at radius 3 is 2.53 bits per heavy atom. The van der Waals surface area contributed by atoms with Crippen LogP contribution in [0.1, 0.15) is 19.8 Å². The van der Waals surface area contributed by atoms with Gasteiger partial charge in [0.1, 0.15) is 15.9 Å². The molecular formula is C11H20N2O5S. The zero-order chi connectivity index (χ0) is 14.7. The van der Waals surface area contributed by atoms with E-state index >= 15 is 0 Å². The quantitative estimate of drug-likeness (QED) is 0.578. The number of nitrogens with one attached hydrogen (secondary N) is 2. The summed E-state index contributed by atoms with van der Waals surface area (Å²) in [4.78, 5) is 23.1. The van der Waals surface area contributed by atoms with E-state index in [0.717, 1.165) is 6.26 Å². The average molecular weight is 292 g/mol. The largest absolute Gasteiger partial charge is 0.480 e. The molecule has 1 fully saturated rings. The van der Waals surface area contributed by atoms with E-state index < -0.39 is 27.3 Å². The number of carboxylic acids is 1. The normalized spacial score (nSPS) is 24.9. The SMILES string of the molecule is CC1(C(=O)NC(CCS(C)(=O)=O)C(=O)O)CCNC1. The van der Waals surface area contributed by atoms with Gasteiger partial charge < -0.3 is 15.7 Å². The van der Waals surface area contributed by atoms with Crippen LogP contribution in [0.25, 0.3) is 0 Å². The van der Waals surface area contributed by atoms with Crippen molar-refractivity contribution in [3.05, 3.63) is 0 Å². The molecule has 1 heterocycles. The van der Waals surface area contributed by atoms with Crippen LogP contribution in [-0.4, -0.2) is 56.5 Å². The molecule has 0 aromatic heterocycles. The number of carboxylic acid groups (broad SMARTS) is 1. The maximum atomic E-state index is 12.0. The fourth-order valence-corrected chi connectivity index (χ4v) is 2.60. The monoisotopic (exact) mass is 292 g/mol. The first-order chi connectivity index (χ1) is 8.64. The Hall–Kier alpha value is -1.15. The third-order valence-corrected chi connectivity index (χ3v) is 4.27. The Morgan fingerprint density at radius 2 is 2.11 bits per heavy atom. The maximum Gasteiger partial charge on any atom is 0.326 e. The summed E-state index contributed by atoms with van der Waals surface area (Å²) in [6.45, 7) is 2.97. The van der Waals surface area contributed by atoms with Gasteiger partial charge in [-0.25, -0.2) is 13.2 Å². The Bertz CT molecular complexity index is 454. The lowest BCUT2D eigenvalue weighted by Crippen LogP contribution is -2.48. The van der Waals surface area contributed by atoms with Crippen LogP contribution in [0.4, 0.5) is 0 Å². The summed E-state index contributed by atoms with van der Waals surface area (Å²) in [5.74, 6) is -1.83. The van der Waals surface area contributed by atoms with Gasteiger partial charge >= 0.3 is 5.97 Å². The van der Waals surface area contributed by atoms with Gasteiger partial charge in [-0.15, -0.1) is 0 Å². The number of carbonyl (C=O) groups excluding carboxylic acids is 1. The first-order valence-electron chi connectivity index (χ1n) is 6.06. The van der Waals surface area contributed by atoms with Gasteiger partial charge in [0.2, 0.25) is 5.91 Å². The van der Waals surface area contributed by atoms with Gasteiger partial charge in [-0.3, -0.25) is 4.79 Å². The molecule has 2 unspecified atom stereocenters. The van der Waals surface area contributed by atoms with Crippen molar-refractivity contribution in [2.24, 2.45) is 5.41 Å². The second kappa shape index (κ2) is 5.87. The summed E-state index contributed by atoms with van der Waals surface area (Å²) in [5.41, 5.74) is -0.626. The molecule has 1 amide bonds. The molecule has 19 heavy (non-hydrogen) atoms. The third kappa shape index (κ3) is 4.79. The van der Waals surface area contributed by atoms with Crippen LogP contribution in [0.5, 0.6) is 0 Å². The number of aliphatic carboxylic acids is 1. The number of hydrogen-bond donors (Lipinski definition) is 3. The van der Waals surface area contributed by atoms with Crippen molar-refractivity contribution >= 4 is 21.7 Å².